The molecule has 1 aromatic carbocycles. The van der Waals surface area contributed by atoms with E-state index in [0.717, 1.165) is 6.07 Å². The number of nitrogens with zero attached hydrogens (tertiary/aromatic N) is 2. The molecule has 8 heteroatoms. The van der Waals surface area contributed by atoms with Crippen LogP contribution >= 0.6 is 0 Å². The van der Waals surface area contributed by atoms with Crippen molar-refractivity contribution in [3.8, 4) is 5.88 Å². The van der Waals surface area contributed by atoms with E-state index in [1.807, 2.05) is 31.2 Å². The van der Waals surface area contributed by atoms with E-state index in [9.17, 15) is 18.0 Å². The maximum atomic E-state index is 13.9. The smallest absolute Gasteiger partial charge is 0.417 e. The van der Waals surface area contributed by atoms with Gasteiger partial charge in [-0.3, -0.25) is 4.79 Å². The molecule has 0 aliphatic carbocycles. The highest BCUT2D eigenvalue weighted by Crippen LogP contribution is 2.36. The highest BCUT2D eigenvalue weighted by Gasteiger charge is 2.36. The van der Waals surface area contributed by atoms with Crippen molar-refractivity contribution in [1.29, 1.82) is 0 Å². The van der Waals surface area contributed by atoms with Gasteiger partial charge in [0.05, 0.1) is 17.1 Å². The molecule has 0 aliphatic heterocycles. The number of allylic oxidation sites excluding steroid dienone is 4. The minimum absolute atomic E-state index is 0.105. The number of nitrogens with one attached hydrogen (secondary N) is 1. The first-order valence-electron chi connectivity index (χ1n) is 10.1. The first kappa shape index (κ1) is 23.1. The van der Waals surface area contributed by atoms with Crippen LogP contribution in [-0.4, -0.2) is 15.7 Å². The number of alkyl halides is 3. The molecule has 3 rings (SSSR count). The first-order valence-corrected chi connectivity index (χ1v) is 10.1. The number of fused-ring (bicyclic) bond motifs is 1. The molecule has 0 saturated carbocycles. The number of pyridine rings is 2. The summed E-state index contributed by atoms with van der Waals surface area (Å²) in [6, 6.07) is 11.0. The Kier molecular flexibility index (Phi) is 7.02. The Morgan fingerprint density at radius 2 is 1.88 bits per heavy atom. The van der Waals surface area contributed by atoms with Gasteiger partial charge in [-0.15, -0.1) is 0 Å². The lowest BCUT2D eigenvalue weighted by Crippen LogP contribution is -2.20. The van der Waals surface area contributed by atoms with Gasteiger partial charge >= 0.3 is 6.18 Å². The molecule has 32 heavy (non-hydrogen) atoms. The number of aromatic nitrogens is 2. The monoisotopic (exact) mass is 443 g/mol. The van der Waals surface area contributed by atoms with E-state index in [1.165, 1.54) is 10.6 Å². The molecule has 1 N–H and O–H groups in total. The van der Waals surface area contributed by atoms with Crippen LogP contribution in [0.1, 0.15) is 26.3 Å². The van der Waals surface area contributed by atoms with Gasteiger partial charge in [0.2, 0.25) is 5.88 Å². The highest BCUT2D eigenvalue weighted by molar-refractivity contribution is 5.83. The van der Waals surface area contributed by atoms with Crippen LogP contribution in [0.5, 0.6) is 5.88 Å². The van der Waals surface area contributed by atoms with Gasteiger partial charge in [-0.25, -0.2) is 0 Å². The third kappa shape index (κ3) is 5.38. The Morgan fingerprint density at radius 3 is 2.50 bits per heavy atom. The van der Waals surface area contributed by atoms with Crippen LogP contribution in [0.25, 0.3) is 11.0 Å². The zero-order valence-electron chi connectivity index (χ0n) is 18.0. The van der Waals surface area contributed by atoms with Crippen LogP contribution in [0.15, 0.2) is 71.6 Å². The summed E-state index contributed by atoms with van der Waals surface area (Å²) in [7, 11) is 0. The van der Waals surface area contributed by atoms with Crippen molar-refractivity contribution in [3.63, 3.8) is 0 Å². The van der Waals surface area contributed by atoms with Gasteiger partial charge in [-0.05, 0) is 32.9 Å². The van der Waals surface area contributed by atoms with Crippen LogP contribution in [0.4, 0.5) is 24.7 Å². The predicted octanol–water partition coefficient (Wildman–Crippen LogP) is 6.08. The van der Waals surface area contributed by atoms with E-state index < -0.39 is 22.6 Å². The summed E-state index contributed by atoms with van der Waals surface area (Å²) in [4.78, 5) is 17.2. The van der Waals surface area contributed by atoms with Crippen LogP contribution in [0.2, 0.25) is 0 Å². The van der Waals surface area contributed by atoms with Gasteiger partial charge in [0.1, 0.15) is 11.5 Å². The lowest BCUT2D eigenvalue weighted by molar-refractivity contribution is -0.136. The van der Waals surface area contributed by atoms with Crippen molar-refractivity contribution in [2.24, 2.45) is 0 Å². The van der Waals surface area contributed by atoms with Crippen molar-refractivity contribution < 1.29 is 17.9 Å². The van der Waals surface area contributed by atoms with Crippen molar-refractivity contribution in [2.75, 3.05) is 5.32 Å². The van der Waals surface area contributed by atoms with Crippen LogP contribution in [-0.2, 0) is 12.7 Å². The lowest BCUT2D eigenvalue weighted by Gasteiger charge is -2.20. The van der Waals surface area contributed by atoms with Crippen LogP contribution < -0.4 is 15.5 Å². The second-order valence-electron chi connectivity index (χ2n) is 7.32. The molecule has 0 atom stereocenters. The fourth-order valence-electron chi connectivity index (χ4n) is 3.17. The minimum Gasteiger partial charge on any atom is -0.475 e. The molecule has 0 aliphatic rings. The van der Waals surface area contributed by atoms with Gasteiger partial charge in [0.25, 0.3) is 0 Å². The van der Waals surface area contributed by atoms with E-state index in [0.29, 0.717) is 11.5 Å². The number of halogens is 3. The van der Waals surface area contributed by atoms with Gasteiger partial charge in [0, 0.05) is 24.4 Å². The summed E-state index contributed by atoms with van der Waals surface area (Å²) in [5.74, 6) is 0.128. The molecule has 5 nitrogen and oxygen atoms in total. The molecule has 0 amide bonds. The van der Waals surface area contributed by atoms with Crippen molar-refractivity contribution >= 4 is 22.5 Å². The number of benzene rings is 1. The summed E-state index contributed by atoms with van der Waals surface area (Å²) in [5.41, 5.74) is -1.27. The summed E-state index contributed by atoms with van der Waals surface area (Å²) in [5, 5.41) is 2.62. The third-order valence-corrected chi connectivity index (χ3v) is 4.47. The van der Waals surface area contributed by atoms with E-state index >= 15 is 0 Å². The Balaban J connectivity index is 2.32. The molecule has 2 aromatic heterocycles. The average Bonchev–Trinajstić information content (AvgIpc) is 2.72. The van der Waals surface area contributed by atoms with E-state index in [1.54, 1.807) is 44.2 Å². The summed E-state index contributed by atoms with van der Waals surface area (Å²) >= 11 is 0. The maximum Gasteiger partial charge on any atom is 0.417 e. The molecule has 0 unspecified atom stereocenters. The second-order valence-corrected chi connectivity index (χ2v) is 7.32. The standard InChI is InChI=1S/C24H24F3N3O2/c1-4-5-6-10-13-30-20(28-17-11-8-7-9-12-17)15-19(31)22-18(24(25,26)27)14-21(29-23(22)30)32-16(2)3/h4-12,14-16,28H,13H2,1-3H3/b5-4-,10-6-. The van der Waals surface area contributed by atoms with E-state index in [4.69, 9.17) is 4.74 Å². The zero-order valence-corrected chi connectivity index (χ0v) is 18.0. The lowest BCUT2D eigenvalue weighted by atomic mass is 10.1. The predicted molar refractivity (Wildman–Crippen MR) is 120 cm³/mol. The Morgan fingerprint density at radius 1 is 1.16 bits per heavy atom. The van der Waals surface area contributed by atoms with Crippen LogP contribution in [0, 0.1) is 0 Å². The molecule has 3 aromatic rings. The molecule has 0 saturated heterocycles. The van der Waals surface area contributed by atoms with E-state index in [2.05, 4.69) is 10.3 Å². The maximum absolute atomic E-state index is 13.9. The van der Waals surface area contributed by atoms with Gasteiger partial charge in [-0.1, -0.05) is 42.5 Å². The number of anilines is 2. The molecule has 0 radical (unpaired) electrons. The number of rotatable bonds is 7. The van der Waals surface area contributed by atoms with Crippen molar-refractivity contribution in [2.45, 2.75) is 39.6 Å². The fourth-order valence-corrected chi connectivity index (χ4v) is 3.17. The molecule has 168 valence electrons. The Bertz CT molecular complexity index is 1200. The third-order valence-electron chi connectivity index (χ3n) is 4.47. The highest BCUT2D eigenvalue weighted by atomic mass is 19.4. The number of para-hydroxylation sites is 1. The Labute approximate surface area is 183 Å². The van der Waals surface area contributed by atoms with E-state index in [-0.39, 0.29) is 24.2 Å². The molecule has 0 spiro atoms. The fraction of sp³-hybridized carbons (Fsp3) is 0.250. The number of hydrogen-bond donors (Lipinski definition) is 1. The molecule has 0 bridgehead atoms. The Hall–Kier alpha value is -3.55. The van der Waals surface area contributed by atoms with Crippen molar-refractivity contribution in [1.82, 2.24) is 9.55 Å². The molecule has 0 fully saturated rings. The molecule has 2 heterocycles. The summed E-state index contributed by atoms with van der Waals surface area (Å²) in [6.07, 6.45) is 2.04. The normalized spacial score (nSPS) is 12.3. The van der Waals surface area contributed by atoms with Gasteiger partial charge in [0.15, 0.2) is 5.43 Å². The first-order chi connectivity index (χ1) is 15.2. The topological polar surface area (TPSA) is 56.2 Å². The minimum atomic E-state index is -4.75. The number of hydrogen-bond acceptors (Lipinski definition) is 4. The van der Waals surface area contributed by atoms with Crippen LogP contribution in [0.3, 0.4) is 0 Å². The van der Waals surface area contributed by atoms with Gasteiger partial charge in [-0.2, -0.15) is 18.2 Å². The zero-order chi connectivity index (χ0) is 23.3. The second kappa shape index (κ2) is 9.72. The van der Waals surface area contributed by atoms with Gasteiger partial charge < -0.3 is 14.6 Å². The quantitative estimate of drug-likeness (QED) is 0.450. The largest absolute Gasteiger partial charge is 0.475 e. The summed E-state index contributed by atoms with van der Waals surface area (Å²) < 4.78 is 48.6. The average molecular weight is 443 g/mol. The summed E-state index contributed by atoms with van der Waals surface area (Å²) in [6.45, 7) is 5.43. The van der Waals surface area contributed by atoms with Crippen molar-refractivity contribution in [3.05, 3.63) is 82.6 Å². The molecular weight excluding hydrogens is 419 g/mol. The number of ether oxygens (including phenoxy) is 1. The SMILES string of the molecule is C/C=C\C=C/Cn1c(Nc2ccccc2)cc(=O)c2c(C(F)(F)F)cc(OC(C)C)nc21. The molecular formula is C24H24F3N3O2.